The molecule has 2 aliphatic rings. The van der Waals surface area contributed by atoms with Gasteiger partial charge in [-0.2, -0.15) is 0 Å². The summed E-state index contributed by atoms with van der Waals surface area (Å²) in [5.41, 5.74) is 0. The molecule has 2 aliphatic heterocycles. The average molecular weight is 204 g/mol. The molecule has 2 saturated heterocycles. The van der Waals surface area contributed by atoms with Gasteiger partial charge in [0.15, 0.2) is 6.29 Å². The molecule has 0 radical (unpaired) electrons. The summed E-state index contributed by atoms with van der Waals surface area (Å²) in [6, 6.07) is 0. The first kappa shape index (κ1) is 10.3. The van der Waals surface area contributed by atoms with Crippen LogP contribution in [0.15, 0.2) is 0 Å². The van der Waals surface area contributed by atoms with Crippen LogP contribution in [0.4, 0.5) is 0 Å². The fourth-order valence-corrected chi connectivity index (χ4v) is 1.77. The van der Waals surface area contributed by atoms with E-state index in [1.165, 1.54) is 0 Å². The molecule has 0 spiro atoms. The zero-order valence-electron chi connectivity index (χ0n) is 8.64. The van der Waals surface area contributed by atoms with E-state index in [1.807, 2.05) is 0 Å². The minimum atomic E-state index is -0.508. The Morgan fingerprint density at radius 1 is 1.07 bits per heavy atom. The fraction of sp³-hybridized carbons (Fsp3) is 1.00. The Bertz CT molecular complexity index is 198. The van der Waals surface area contributed by atoms with Gasteiger partial charge < -0.3 is 23.7 Å². The maximum atomic E-state index is 5.68. The van der Waals surface area contributed by atoms with Gasteiger partial charge in [0.05, 0.1) is 6.61 Å². The smallest absolute Gasteiger partial charge is 0.211 e. The quantitative estimate of drug-likeness (QED) is 0.649. The van der Waals surface area contributed by atoms with Gasteiger partial charge in [-0.05, 0) is 0 Å². The summed E-state index contributed by atoms with van der Waals surface area (Å²) in [6.45, 7) is 2.72. The Hall–Kier alpha value is -0.200. The second-order valence-corrected chi connectivity index (χ2v) is 3.62. The molecule has 0 aliphatic carbocycles. The van der Waals surface area contributed by atoms with Crippen LogP contribution < -0.4 is 0 Å². The first-order chi connectivity index (χ1) is 6.76. The normalized spacial score (nSPS) is 47.8. The first-order valence-electron chi connectivity index (χ1n) is 4.74. The molecule has 82 valence electrons. The van der Waals surface area contributed by atoms with Gasteiger partial charge in [0, 0.05) is 20.1 Å². The number of methoxy groups -OCH3 is 2. The lowest BCUT2D eigenvalue weighted by atomic mass is 10.1. The van der Waals surface area contributed by atoms with Crippen molar-refractivity contribution in [1.82, 2.24) is 0 Å². The number of rotatable bonds is 2. The van der Waals surface area contributed by atoms with Gasteiger partial charge in [-0.3, -0.25) is 0 Å². The van der Waals surface area contributed by atoms with Gasteiger partial charge in [-0.25, -0.2) is 0 Å². The van der Waals surface area contributed by atoms with E-state index in [0.29, 0.717) is 12.5 Å². The fourth-order valence-electron chi connectivity index (χ4n) is 1.77. The van der Waals surface area contributed by atoms with Gasteiger partial charge in [-0.1, -0.05) is 6.92 Å². The van der Waals surface area contributed by atoms with Crippen molar-refractivity contribution >= 4 is 0 Å². The van der Waals surface area contributed by atoms with Crippen LogP contribution in [0, 0.1) is 5.92 Å². The van der Waals surface area contributed by atoms with E-state index >= 15 is 0 Å². The van der Waals surface area contributed by atoms with Gasteiger partial charge in [0.2, 0.25) is 12.6 Å². The maximum Gasteiger partial charge on any atom is 0.211 e. The molecule has 0 aromatic rings. The molecule has 0 aromatic heterocycles. The largest absolute Gasteiger partial charge is 0.351 e. The van der Waals surface area contributed by atoms with Crippen LogP contribution in [0.25, 0.3) is 0 Å². The Kier molecular flexibility index (Phi) is 3.04. The van der Waals surface area contributed by atoms with Crippen molar-refractivity contribution in [3.8, 4) is 0 Å². The van der Waals surface area contributed by atoms with Crippen molar-refractivity contribution in [2.24, 2.45) is 5.92 Å². The van der Waals surface area contributed by atoms with Crippen molar-refractivity contribution in [3.05, 3.63) is 0 Å². The summed E-state index contributed by atoms with van der Waals surface area (Å²) in [4.78, 5) is 0. The molecule has 5 heteroatoms. The van der Waals surface area contributed by atoms with Crippen LogP contribution in [0.5, 0.6) is 0 Å². The van der Waals surface area contributed by atoms with Crippen LogP contribution in [0.3, 0.4) is 0 Å². The lowest BCUT2D eigenvalue weighted by Gasteiger charge is -2.37. The van der Waals surface area contributed by atoms with Crippen LogP contribution in [0.2, 0.25) is 0 Å². The Morgan fingerprint density at radius 3 is 2.36 bits per heavy atom. The van der Waals surface area contributed by atoms with E-state index < -0.39 is 12.6 Å². The molecular weight excluding hydrogens is 188 g/mol. The Balaban J connectivity index is 2.03. The lowest BCUT2D eigenvalue weighted by molar-refractivity contribution is -0.378. The molecule has 0 amide bonds. The highest BCUT2D eigenvalue weighted by Gasteiger charge is 2.46. The van der Waals surface area contributed by atoms with Crippen molar-refractivity contribution in [2.75, 3.05) is 20.8 Å². The number of hydrogen-bond acceptors (Lipinski definition) is 5. The maximum absolute atomic E-state index is 5.68. The topological polar surface area (TPSA) is 46.2 Å². The third-order valence-corrected chi connectivity index (χ3v) is 2.60. The lowest BCUT2D eigenvalue weighted by Crippen LogP contribution is -2.50. The van der Waals surface area contributed by atoms with E-state index in [9.17, 15) is 0 Å². The average Bonchev–Trinajstić information content (AvgIpc) is 2.58. The van der Waals surface area contributed by atoms with E-state index in [-0.39, 0.29) is 12.4 Å². The summed E-state index contributed by atoms with van der Waals surface area (Å²) in [6.07, 6.45) is -1.34. The van der Waals surface area contributed by atoms with Crippen molar-refractivity contribution in [1.29, 1.82) is 0 Å². The number of fused-ring (bicyclic) bond motifs is 1. The van der Waals surface area contributed by atoms with Gasteiger partial charge in [0.25, 0.3) is 0 Å². The Morgan fingerprint density at radius 2 is 1.71 bits per heavy atom. The third-order valence-electron chi connectivity index (χ3n) is 2.60. The summed E-state index contributed by atoms with van der Waals surface area (Å²) >= 11 is 0. The monoisotopic (exact) mass is 204 g/mol. The Labute approximate surface area is 83.2 Å². The molecule has 0 N–H and O–H groups in total. The molecule has 2 fully saturated rings. The zero-order valence-corrected chi connectivity index (χ0v) is 8.64. The van der Waals surface area contributed by atoms with Crippen LogP contribution in [-0.2, 0) is 23.7 Å². The summed E-state index contributed by atoms with van der Waals surface area (Å²) in [5.74, 6) is 0.329. The standard InChI is InChI=1S/C9H16O5/c1-5-4-12-7-6(5)13-8(10-2)9(11-3)14-7/h5-9H,4H2,1-3H3/t5-,6+,7+,8+,9-/m1/s1. The number of hydrogen-bond donors (Lipinski definition) is 0. The van der Waals surface area contributed by atoms with E-state index in [2.05, 4.69) is 6.92 Å². The molecule has 5 atom stereocenters. The summed E-state index contributed by atoms with van der Waals surface area (Å²) in [5, 5.41) is 0. The molecule has 0 bridgehead atoms. The highest BCUT2D eigenvalue weighted by atomic mass is 16.8. The minimum Gasteiger partial charge on any atom is -0.351 e. The highest BCUT2D eigenvalue weighted by Crippen LogP contribution is 2.31. The first-order valence-corrected chi connectivity index (χ1v) is 4.74. The molecule has 2 rings (SSSR count). The van der Waals surface area contributed by atoms with Gasteiger partial charge in [-0.15, -0.1) is 0 Å². The van der Waals surface area contributed by atoms with Gasteiger partial charge >= 0.3 is 0 Å². The summed E-state index contributed by atoms with van der Waals surface area (Å²) < 4.78 is 26.8. The molecule has 0 saturated carbocycles. The zero-order chi connectivity index (χ0) is 10.1. The predicted octanol–water partition coefficient (Wildman–Crippen LogP) is 0.339. The third kappa shape index (κ3) is 1.66. The van der Waals surface area contributed by atoms with Crippen LogP contribution in [0.1, 0.15) is 6.92 Å². The highest BCUT2D eigenvalue weighted by molar-refractivity contribution is 4.81. The molecule has 2 heterocycles. The molecule has 0 aromatic carbocycles. The minimum absolute atomic E-state index is 0.0497. The van der Waals surface area contributed by atoms with Crippen molar-refractivity contribution in [2.45, 2.75) is 31.9 Å². The van der Waals surface area contributed by atoms with Crippen molar-refractivity contribution < 1.29 is 23.7 Å². The molecular formula is C9H16O5. The SMILES string of the molecule is CO[C@@H]1O[C@@H]2OC[C@@H](C)[C@@H]2O[C@@H]1OC. The van der Waals surface area contributed by atoms with Crippen LogP contribution in [-0.4, -0.2) is 45.8 Å². The van der Waals surface area contributed by atoms with E-state index in [0.717, 1.165) is 0 Å². The van der Waals surface area contributed by atoms with E-state index in [4.69, 9.17) is 23.7 Å². The second kappa shape index (κ2) is 4.12. The van der Waals surface area contributed by atoms with Crippen LogP contribution >= 0.6 is 0 Å². The van der Waals surface area contributed by atoms with Crippen molar-refractivity contribution in [3.63, 3.8) is 0 Å². The second-order valence-electron chi connectivity index (χ2n) is 3.62. The molecule has 5 nitrogen and oxygen atoms in total. The van der Waals surface area contributed by atoms with E-state index in [1.54, 1.807) is 14.2 Å². The predicted molar refractivity (Wildman–Crippen MR) is 46.5 cm³/mol. The number of ether oxygens (including phenoxy) is 5. The summed E-state index contributed by atoms with van der Waals surface area (Å²) in [7, 11) is 3.12. The molecule has 14 heavy (non-hydrogen) atoms. The van der Waals surface area contributed by atoms with Gasteiger partial charge in [0.1, 0.15) is 6.10 Å². The molecule has 0 unspecified atom stereocenters.